The number of nitrogens with one attached hydrogen (secondary N) is 1. The van der Waals surface area contributed by atoms with Gasteiger partial charge in [-0.15, -0.1) is 0 Å². The summed E-state index contributed by atoms with van der Waals surface area (Å²) < 4.78 is 5.54. The summed E-state index contributed by atoms with van der Waals surface area (Å²) in [4.78, 5) is 12.0. The highest BCUT2D eigenvalue weighted by Gasteiger charge is 2.28. The third-order valence-electron chi connectivity index (χ3n) is 4.55. The predicted octanol–water partition coefficient (Wildman–Crippen LogP) is 3.97. The molecule has 0 unspecified atom stereocenters. The molecule has 0 heterocycles. The lowest BCUT2D eigenvalue weighted by atomic mass is 9.78. The average Bonchev–Trinajstić information content (AvgIpc) is 2.45. The lowest BCUT2D eigenvalue weighted by molar-refractivity contribution is -0.124. The number of ether oxygens (including phenoxy) is 1. The van der Waals surface area contributed by atoms with Crippen molar-refractivity contribution in [3.8, 4) is 5.75 Å². The van der Waals surface area contributed by atoms with E-state index in [4.69, 9.17) is 16.3 Å². The number of carbonyl (C=O) groups excluding carboxylic acids is 1. The van der Waals surface area contributed by atoms with Crippen LogP contribution in [0.5, 0.6) is 5.75 Å². The molecule has 4 heteroatoms. The van der Waals surface area contributed by atoms with Crippen LogP contribution in [-0.2, 0) is 4.79 Å². The van der Waals surface area contributed by atoms with Gasteiger partial charge in [-0.3, -0.25) is 4.79 Å². The van der Waals surface area contributed by atoms with E-state index in [-0.39, 0.29) is 18.6 Å². The zero-order valence-corrected chi connectivity index (χ0v) is 13.7. The molecule has 0 spiro atoms. The van der Waals surface area contributed by atoms with Gasteiger partial charge in [-0.05, 0) is 48.9 Å². The Morgan fingerprint density at radius 3 is 2.86 bits per heavy atom. The normalized spacial score (nSPS) is 25.4. The van der Waals surface area contributed by atoms with Gasteiger partial charge in [-0.25, -0.2) is 0 Å². The zero-order valence-electron chi connectivity index (χ0n) is 13.0. The van der Waals surface area contributed by atoms with E-state index in [1.807, 2.05) is 13.0 Å². The van der Waals surface area contributed by atoms with Crippen molar-refractivity contribution < 1.29 is 9.53 Å². The molecule has 0 radical (unpaired) electrons. The minimum atomic E-state index is -0.0476. The highest BCUT2D eigenvalue weighted by molar-refractivity contribution is 6.31. The van der Waals surface area contributed by atoms with Crippen LogP contribution in [0.15, 0.2) is 18.2 Å². The minimum absolute atomic E-state index is 0.0476. The molecule has 1 aromatic carbocycles. The Kier molecular flexibility index (Phi) is 5.51. The highest BCUT2D eigenvalue weighted by Crippen LogP contribution is 2.29. The standard InChI is InChI=1S/C17H24ClNO2/c1-11-5-4-6-16(13(11)3)19-17(20)10-21-14-7-8-15(18)12(2)9-14/h7-9,11,13,16H,4-6,10H2,1-3H3,(H,19,20)/t11-,13-,16-/m0/s1. The summed E-state index contributed by atoms with van der Waals surface area (Å²) in [5.41, 5.74) is 0.948. The maximum atomic E-state index is 12.0. The van der Waals surface area contributed by atoms with Gasteiger partial charge < -0.3 is 10.1 Å². The number of halogens is 1. The van der Waals surface area contributed by atoms with Crippen LogP contribution in [0.3, 0.4) is 0 Å². The van der Waals surface area contributed by atoms with E-state index in [1.165, 1.54) is 12.8 Å². The summed E-state index contributed by atoms with van der Waals surface area (Å²) in [7, 11) is 0. The Morgan fingerprint density at radius 1 is 1.38 bits per heavy atom. The maximum Gasteiger partial charge on any atom is 0.258 e. The maximum absolute atomic E-state index is 12.0. The summed E-state index contributed by atoms with van der Waals surface area (Å²) in [6.45, 7) is 6.45. The first-order chi connectivity index (χ1) is 9.97. The number of benzene rings is 1. The second-order valence-corrected chi connectivity index (χ2v) is 6.55. The van der Waals surface area contributed by atoms with Crippen LogP contribution in [0, 0.1) is 18.8 Å². The van der Waals surface area contributed by atoms with E-state index < -0.39 is 0 Å². The molecular formula is C17H24ClNO2. The Labute approximate surface area is 132 Å². The van der Waals surface area contributed by atoms with E-state index >= 15 is 0 Å². The quantitative estimate of drug-likeness (QED) is 0.914. The topological polar surface area (TPSA) is 38.3 Å². The second kappa shape index (κ2) is 7.17. The van der Waals surface area contributed by atoms with Crippen LogP contribution < -0.4 is 10.1 Å². The van der Waals surface area contributed by atoms with E-state index in [0.29, 0.717) is 22.6 Å². The van der Waals surface area contributed by atoms with Gasteiger partial charge in [0.2, 0.25) is 0 Å². The first kappa shape index (κ1) is 16.2. The molecule has 2 rings (SSSR count). The number of aryl methyl sites for hydroxylation is 1. The Bertz CT molecular complexity index is 504. The summed E-state index contributed by atoms with van der Waals surface area (Å²) in [6.07, 6.45) is 3.51. The second-order valence-electron chi connectivity index (χ2n) is 6.14. The van der Waals surface area contributed by atoms with Crippen molar-refractivity contribution in [3.63, 3.8) is 0 Å². The monoisotopic (exact) mass is 309 g/mol. The molecular weight excluding hydrogens is 286 g/mol. The van der Waals surface area contributed by atoms with Crippen LogP contribution in [0.1, 0.15) is 38.7 Å². The van der Waals surface area contributed by atoms with E-state index in [2.05, 4.69) is 19.2 Å². The summed E-state index contributed by atoms with van der Waals surface area (Å²) in [5, 5.41) is 3.81. The molecule has 0 aromatic heterocycles. The first-order valence-corrected chi connectivity index (χ1v) is 8.03. The van der Waals surface area contributed by atoms with Crippen LogP contribution in [-0.4, -0.2) is 18.6 Å². The average molecular weight is 310 g/mol. The van der Waals surface area contributed by atoms with Gasteiger partial charge in [-0.1, -0.05) is 38.3 Å². The number of amides is 1. The minimum Gasteiger partial charge on any atom is -0.484 e. The molecule has 0 bridgehead atoms. The van der Waals surface area contributed by atoms with Crippen molar-refractivity contribution in [1.29, 1.82) is 0 Å². The van der Waals surface area contributed by atoms with Crippen molar-refractivity contribution in [1.82, 2.24) is 5.32 Å². The molecule has 0 aliphatic heterocycles. The van der Waals surface area contributed by atoms with E-state index in [9.17, 15) is 4.79 Å². The SMILES string of the molecule is Cc1cc(OCC(=O)N[C@H]2CCC[C@H](C)[C@@H]2C)ccc1Cl. The Morgan fingerprint density at radius 2 is 2.14 bits per heavy atom. The number of rotatable bonds is 4. The van der Waals surface area contributed by atoms with Crippen molar-refractivity contribution >= 4 is 17.5 Å². The van der Waals surface area contributed by atoms with Crippen molar-refractivity contribution in [2.24, 2.45) is 11.8 Å². The van der Waals surface area contributed by atoms with Crippen LogP contribution >= 0.6 is 11.6 Å². The molecule has 3 nitrogen and oxygen atoms in total. The first-order valence-electron chi connectivity index (χ1n) is 7.65. The Balaban J connectivity index is 1.83. The van der Waals surface area contributed by atoms with E-state index in [0.717, 1.165) is 12.0 Å². The molecule has 116 valence electrons. The van der Waals surface area contributed by atoms with Crippen molar-refractivity contribution in [2.75, 3.05) is 6.61 Å². The molecule has 1 N–H and O–H groups in total. The molecule has 21 heavy (non-hydrogen) atoms. The number of hydrogen-bond acceptors (Lipinski definition) is 2. The van der Waals surface area contributed by atoms with Gasteiger partial charge >= 0.3 is 0 Å². The summed E-state index contributed by atoms with van der Waals surface area (Å²) >= 11 is 5.97. The molecule has 1 fully saturated rings. The van der Waals surface area contributed by atoms with E-state index in [1.54, 1.807) is 12.1 Å². The zero-order chi connectivity index (χ0) is 15.4. The summed E-state index contributed by atoms with van der Waals surface area (Å²) in [6, 6.07) is 5.70. The van der Waals surface area contributed by atoms with Crippen LogP contribution in [0.25, 0.3) is 0 Å². The largest absolute Gasteiger partial charge is 0.484 e. The molecule has 1 aromatic rings. The molecule has 3 atom stereocenters. The predicted molar refractivity (Wildman–Crippen MR) is 85.8 cm³/mol. The lowest BCUT2D eigenvalue weighted by Gasteiger charge is -2.34. The lowest BCUT2D eigenvalue weighted by Crippen LogP contribution is -2.45. The molecule has 1 aliphatic carbocycles. The van der Waals surface area contributed by atoms with Gasteiger partial charge in [0.05, 0.1) is 0 Å². The van der Waals surface area contributed by atoms with Crippen LogP contribution in [0.4, 0.5) is 0 Å². The summed E-state index contributed by atoms with van der Waals surface area (Å²) in [5.74, 6) is 1.83. The number of hydrogen-bond donors (Lipinski definition) is 1. The third kappa shape index (κ3) is 4.37. The molecule has 1 amide bonds. The van der Waals surface area contributed by atoms with Crippen molar-refractivity contribution in [2.45, 2.75) is 46.1 Å². The fraction of sp³-hybridized carbons (Fsp3) is 0.588. The third-order valence-corrected chi connectivity index (χ3v) is 4.98. The molecule has 0 saturated heterocycles. The van der Waals surface area contributed by atoms with Gasteiger partial charge in [0.15, 0.2) is 6.61 Å². The van der Waals surface area contributed by atoms with Gasteiger partial charge in [0.25, 0.3) is 5.91 Å². The fourth-order valence-electron chi connectivity index (χ4n) is 2.89. The van der Waals surface area contributed by atoms with Gasteiger partial charge in [-0.2, -0.15) is 0 Å². The number of carbonyl (C=O) groups is 1. The highest BCUT2D eigenvalue weighted by atomic mass is 35.5. The smallest absolute Gasteiger partial charge is 0.258 e. The van der Waals surface area contributed by atoms with Gasteiger partial charge in [0, 0.05) is 11.1 Å². The molecule has 1 saturated carbocycles. The van der Waals surface area contributed by atoms with Gasteiger partial charge in [0.1, 0.15) is 5.75 Å². The molecule has 1 aliphatic rings. The van der Waals surface area contributed by atoms with Crippen LogP contribution in [0.2, 0.25) is 5.02 Å². The Hall–Kier alpha value is -1.22. The van der Waals surface area contributed by atoms with Crippen molar-refractivity contribution in [3.05, 3.63) is 28.8 Å². The fourth-order valence-corrected chi connectivity index (χ4v) is 3.01.